The molecule has 4 aromatic rings. The van der Waals surface area contributed by atoms with Crippen molar-refractivity contribution in [3.63, 3.8) is 0 Å². The van der Waals surface area contributed by atoms with E-state index >= 15 is 0 Å². The Morgan fingerprint density at radius 1 is 1.06 bits per heavy atom. The second kappa shape index (κ2) is 9.68. The number of hydrogen-bond acceptors (Lipinski definition) is 5. The zero-order chi connectivity index (χ0) is 22.5. The molecule has 0 radical (unpaired) electrons. The third kappa shape index (κ3) is 4.99. The van der Waals surface area contributed by atoms with E-state index in [0.717, 1.165) is 5.56 Å². The second-order valence-electron chi connectivity index (χ2n) is 6.76. The molecule has 0 saturated carbocycles. The molecule has 0 saturated heterocycles. The van der Waals surface area contributed by atoms with Gasteiger partial charge in [0.05, 0.1) is 17.2 Å². The summed E-state index contributed by atoms with van der Waals surface area (Å²) in [5.41, 5.74) is 4.05. The first-order valence-electron chi connectivity index (χ1n) is 9.52. The van der Waals surface area contributed by atoms with Gasteiger partial charge in [-0.3, -0.25) is 9.59 Å². The summed E-state index contributed by atoms with van der Waals surface area (Å²) in [7, 11) is 0. The number of amides is 1. The van der Waals surface area contributed by atoms with Gasteiger partial charge in [-0.2, -0.15) is 5.10 Å². The summed E-state index contributed by atoms with van der Waals surface area (Å²) in [6.45, 7) is 0.264. The molecule has 0 spiro atoms. The zero-order valence-corrected chi connectivity index (χ0v) is 18.1. The first kappa shape index (κ1) is 21.6. The fourth-order valence-electron chi connectivity index (χ4n) is 2.91. The molecule has 0 bridgehead atoms. The standard InChI is InChI=1S/C24H16Cl2N2O4/c25-18-8-5-16(21(26)11-18)13-31-19-9-6-15(7-10-19)24(30)28-27-12-17-14-32-22-4-2-1-3-20(22)23(17)29/h1-12,14H,13H2,(H,28,30)/b27-12-. The maximum absolute atomic E-state index is 12.4. The summed E-state index contributed by atoms with van der Waals surface area (Å²) in [6.07, 6.45) is 2.56. The van der Waals surface area contributed by atoms with Crippen LogP contribution in [0, 0.1) is 0 Å². The van der Waals surface area contributed by atoms with Crippen molar-refractivity contribution in [3.8, 4) is 5.75 Å². The van der Waals surface area contributed by atoms with E-state index in [4.69, 9.17) is 32.4 Å². The highest BCUT2D eigenvalue weighted by atomic mass is 35.5. The van der Waals surface area contributed by atoms with Crippen LogP contribution in [0.2, 0.25) is 10.0 Å². The summed E-state index contributed by atoms with van der Waals surface area (Å²) >= 11 is 12.0. The molecule has 0 aliphatic carbocycles. The van der Waals surface area contributed by atoms with E-state index in [0.29, 0.717) is 32.3 Å². The Kier molecular flexibility index (Phi) is 6.54. The van der Waals surface area contributed by atoms with Gasteiger partial charge in [0.25, 0.3) is 5.91 Å². The molecule has 0 fully saturated rings. The summed E-state index contributed by atoms with van der Waals surface area (Å²) in [4.78, 5) is 24.7. The molecule has 0 unspecified atom stereocenters. The van der Waals surface area contributed by atoms with Crippen LogP contribution < -0.4 is 15.6 Å². The van der Waals surface area contributed by atoms with Gasteiger partial charge < -0.3 is 9.15 Å². The average molecular weight is 467 g/mol. The van der Waals surface area contributed by atoms with Crippen molar-refractivity contribution in [2.75, 3.05) is 0 Å². The van der Waals surface area contributed by atoms with Crippen LogP contribution in [0.15, 0.2) is 87.3 Å². The minimum absolute atomic E-state index is 0.229. The summed E-state index contributed by atoms with van der Waals surface area (Å²) in [6, 6.07) is 18.6. The van der Waals surface area contributed by atoms with Gasteiger partial charge in [0.2, 0.25) is 5.43 Å². The number of nitrogens with zero attached hydrogens (tertiary/aromatic N) is 1. The molecule has 8 heteroatoms. The number of ether oxygens (including phenoxy) is 1. The molecule has 1 amide bonds. The highest BCUT2D eigenvalue weighted by Gasteiger charge is 2.07. The van der Waals surface area contributed by atoms with Crippen LogP contribution in [0.4, 0.5) is 0 Å². The fraction of sp³-hybridized carbons (Fsp3) is 0.0417. The van der Waals surface area contributed by atoms with Crippen LogP contribution >= 0.6 is 23.2 Å². The Labute approximate surface area is 193 Å². The van der Waals surface area contributed by atoms with Gasteiger partial charge in [-0.05, 0) is 48.5 Å². The van der Waals surface area contributed by atoms with Crippen LogP contribution in [0.25, 0.3) is 11.0 Å². The lowest BCUT2D eigenvalue weighted by Crippen LogP contribution is -2.18. The normalized spacial score (nSPS) is 11.1. The van der Waals surface area contributed by atoms with Gasteiger partial charge in [0.1, 0.15) is 24.2 Å². The number of hydrogen-bond donors (Lipinski definition) is 1. The number of carbonyl (C=O) groups excluding carboxylic acids is 1. The molecule has 0 aliphatic heterocycles. The number of halogens is 2. The summed E-state index contributed by atoms with van der Waals surface area (Å²) < 4.78 is 11.1. The number of carbonyl (C=O) groups is 1. The number of rotatable bonds is 6. The number of hydrazone groups is 1. The smallest absolute Gasteiger partial charge is 0.271 e. The van der Waals surface area contributed by atoms with Crippen molar-refractivity contribution in [2.24, 2.45) is 5.10 Å². The minimum Gasteiger partial charge on any atom is -0.489 e. The van der Waals surface area contributed by atoms with Gasteiger partial charge in [0.15, 0.2) is 0 Å². The maximum atomic E-state index is 12.4. The van der Waals surface area contributed by atoms with Gasteiger partial charge in [-0.15, -0.1) is 0 Å². The quantitative estimate of drug-likeness (QED) is 0.302. The first-order valence-corrected chi connectivity index (χ1v) is 10.3. The Hall–Kier alpha value is -3.61. The van der Waals surface area contributed by atoms with Crippen LogP contribution in [-0.4, -0.2) is 12.1 Å². The molecular formula is C24H16Cl2N2O4. The van der Waals surface area contributed by atoms with Crippen molar-refractivity contribution in [2.45, 2.75) is 6.61 Å². The molecule has 32 heavy (non-hydrogen) atoms. The molecule has 1 N–H and O–H groups in total. The number of para-hydroxylation sites is 1. The molecular weight excluding hydrogens is 451 g/mol. The summed E-state index contributed by atoms with van der Waals surface area (Å²) in [5, 5.41) is 5.38. The lowest BCUT2D eigenvalue weighted by atomic mass is 10.2. The molecule has 6 nitrogen and oxygen atoms in total. The van der Waals surface area contributed by atoms with E-state index in [2.05, 4.69) is 10.5 Å². The SMILES string of the molecule is O=C(N/N=C\c1coc2ccccc2c1=O)c1ccc(OCc2ccc(Cl)cc2Cl)cc1. The summed E-state index contributed by atoms with van der Waals surface area (Å²) in [5.74, 6) is 0.142. The van der Waals surface area contributed by atoms with E-state index in [-0.39, 0.29) is 17.6 Å². The van der Waals surface area contributed by atoms with Crippen LogP contribution in [0.3, 0.4) is 0 Å². The first-order chi connectivity index (χ1) is 15.5. The molecule has 0 aliphatic rings. The van der Waals surface area contributed by atoms with E-state index in [1.165, 1.54) is 12.5 Å². The molecule has 4 rings (SSSR count). The van der Waals surface area contributed by atoms with Crippen molar-refractivity contribution in [3.05, 3.63) is 110 Å². The second-order valence-corrected chi connectivity index (χ2v) is 7.61. The average Bonchev–Trinajstić information content (AvgIpc) is 2.80. The highest BCUT2D eigenvalue weighted by molar-refractivity contribution is 6.35. The molecule has 160 valence electrons. The Morgan fingerprint density at radius 3 is 2.62 bits per heavy atom. The van der Waals surface area contributed by atoms with Crippen LogP contribution in [0.5, 0.6) is 5.75 Å². The molecule has 1 heterocycles. The van der Waals surface area contributed by atoms with Gasteiger partial charge in [-0.25, -0.2) is 5.43 Å². The fourth-order valence-corrected chi connectivity index (χ4v) is 3.37. The lowest BCUT2D eigenvalue weighted by molar-refractivity contribution is 0.0955. The van der Waals surface area contributed by atoms with Gasteiger partial charge in [-0.1, -0.05) is 41.4 Å². The van der Waals surface area contributed by atoms with Crippen molar-refractivity contribution >= 4 is 46.3 Å². The van der Waals surface area contributed by atoms with Crippen LogP contribution in [0.1, 0.15) is 21.5 Å². The predicted molar refractivity (Wildman–Crippen MR) is 125 cm³/mol. The maximum Gasteiger partial charge on any atom is 0.271 e. The Morgan fingerprint density at radius 2 is 1.84 bits per heavy atom. The zero-order valence-electron chi connectivity index (χ0n) is 16.5. The topological polar surface area (TPSA) is 80.9 Å². The Balaban J connectivity index is 1.37. The number of benzene rings is 3. The third-order valence-electron chi connectivity index (χ3n) is 4.60. The van der Waals surface area contributed by atoms with E-state index < -0.39 is 5.91 Å². The van der Waals surface area contributed by atoms with Crippen molar-refractivity contribution in [1.29, 1.82) is 0 Å². The highest BCUT2D eigenvalue weighted by Crippen LogP contribution is 2.23. The van der Waals surface area contributed by atoms with Crippen molar-refractivity contribution in [1.82, 2.24) is 5.43 Å². The van der Waals surface area contributed by atoms with E-state index in [1.54, 1.807) is 66.7 Å². The number of fused-ring (bicyclic) bond motifs is 1. The van der Waals surface area contributed by atoms with Crippen LogP contribution in [-0.2, 0) is 6.61 Å². The Bertz CT molecular complexity index is 1360. The lowest BCUT2D eigenvalue weighted by Gasteiger charge is -2.08. The largest absolute Gasteiger partial charge is 0.489 e. The molecule has 1 aromatic heterocycles. The minimum atomic E-state index is -0.432. The predicted octanol–water partition coefficient (Wildman–Crippen LogP) is 5.44. The van der Waals surface area contributed by atoms with Crippen molar-refractivity contribution < 1.29 is 13.9 Å². The van der Waals surface area contributed by atoms with Gasteiger partial charge >= 0.3 is 0 Å². The van der Waals surface area contributed by atoms with Gasteiger partial charge in [0, 0.05) is 21.2 Å². The monoisotopic (exact) mass is 466 g/mol. The molecule has 3 aromatic carbocycles. The van der Waals surface area contributed by atoms with E-state index in [1.807, 2.05) is 0 Å². The van der Waals surface area contributed by atoms with E-state index in [9.17, 15) is 9.59 Å². The third-order valence-corrected chi connectivity index (χ3v) is 5.19. The number of nitrogens with one attached hydrogen (secondary N) is 1. The molecule has 0 atom stereocenters.